The summed E-state index contributed by atoms with van der Waals surface area (Å²) < 4.78 is 0. The van der Waals surface area contributed by atoms with Crippen molar-refractivity contribution in [1.29, 1.82) is 0 Å². The zero-order valence-corrected chi connectivity index (χ0v) is 10.4. The molecule has 0 spiro atoms. The normalized spacial score (nSPS) is 10.1. The van der Waals surface area contributed by atoms with Crippen LogP contribution in [0, 0.1) is 13.8 Å². The van der Waals surface area contributed by atoms with Gasteiger partial charge in [0.1, 0.15) is 5.69 Å². The van der Waals surface area contributed by atoms with Crippen LogP contribution in [0.1, 0.15) is 21.6 Å². The Kier molecular flexibility index (Phi) is 3.28. The lowest BCUT2D eigenvalue weighted by molar-refractivity contribution is 0.102. The molecular weight excluding hydrogens is 226 g/mol. The molecule has 0 radical (unpaired) electrons. The Balaban J connectivity index is 2.24. The van der Waals surface area contributed by atoms with Crippen LogP contribution in [0.4, 0.5) is 11.4 Å². The van der Waals surface area contributed by atoms with E-state index in [1.165, 1.54) is 6.20 Å². The molecule has 92 valence electrons. The molecule has 0 saturated carbocycles. The fraction of sp³-hybridized carbons (Fsp3) is 0.143. The molecule has 4 heteroatoms. The lowest BCUT2D eigenvalue weighted by Gasteiger charge is -2.10. The van der Waals surface area contributed by atoms with Gasteiger partial charge in [0.15, 0.2) is 0 Å². The Morgan fingerprint density at radius 3 is 2.78 bits per heavy atom. The molecule has 0 fully saturated rings. The average molecular weight is 241 g/mol. The zero-order chi connectivity index (χ0) is 13.1. The summed E-state index contributed by atoms with van der Waals surface area (Å²) in [6.45, 7) is 3.97. The van der Waals surface area contributed by atoms with Crippen LogP contribution in [-0.2, 0) is 0 Å². The molecule has 0 aliphatic rings. The number of amides is 1. The standard InChI is InChI=1S/C14H15N3O/c1-9-4-3-5-12(10(9)2)17-14(18)13-8-11(15)6-7-16-13/h3-8H,1-2H3,(H2,15,16)(H,17,18). The number of pyridine rings is 1. The van der Waals surface area contributed by atoms with Crippen LogP contribution in [0.15, 0.2) is 36.5 Å². The lowest BCUT2D eigenvalue weighted by atomic mass is 10.1. The molecule has 0 aliphatic heterocycles. The summed E-state index contributed by atoms with van der Waals surface area (Å²) in [7, 11) is 0. The van der Waals surface area contributed by atoms with E-state index in [0.29, 0.717) is 11.4 Å². The van der Waals surface area contributed by atoms with Crippen molar-refractivity contribution in [3.63, 3.8) is 0 Å². The molecule has 0 aliphatic carbocycles. The van der Waals surface area contributed by atoms with E-state index in [-0.39, 0.29) is 5.91 Å². The third-order valence-electron chi connectivity index (χ3n) is 2.87. The van der Waals surface area contributed by atoms with Crippen LogP contribution < -0.4 is 11.1 Å². The van der Waals surface area contributed by atoms with Crippen molar-refractivity contribution < 1.29 is 4.79 Å². The van der Waals surface area contributed by atoms with Crippen molar-refractivity contribution >= 4 is 17.3 Å². The van der Waals surface area contributed by atoms with E-state index >= 15 is 0 Å². The highest BCUT2D eigenvalue weighted by Gasteiger charge is 2.09. The first-order valence-corrected chi connectivity index (χ1v) is 5.67. The molecular formula is C14H15N3O. The number of nitrogen functional groups attached to an aromatic ring is 1. The summed E-state index contributed by atoms with van der Waals surface area (Å²) in [5.74, 6) is -0.254. The van der Waals surface area contributed by atoms with Crippen LogP contribution in [0.2, 0.25) is 0 Å². The number of anilines is 2. The first-order valence-electron chi connectivity index (χ1n) is 5.67. The Morgan fingerprint density at radius 2 is 2.06 bits per heavy atom. The number of rotatable bonds is 2. The van der Waals surface area contributed by atoms with E-state index in [1.54, 1.807) is 12.1 Å². The number of aryl methyl sites for hydroxylation is 1. The van der Waals surface area contributed by atoms with Gasteiger partial charge in [-0.1, -0.05) is 12.1 Å². The molecule has 0 saturated heterocycles. The van der Waals surface area contributed by atoms with Gasteiger partial charge < -0.3 is 11.1 Å². The van der Waals surface area contributed by atoms with Crippen molar-refractivity contribution in [2.45, 2.75) is 13.8 Å². The topological polar surface area (TPSA) is 68.0 Å². The van der Waals surface area contributed by atoms with E-state index in [4.69, 9.17) is 5.73 Å². The summed E-state index contributed by atoms with van der Waals surface area (Å²) >= 11 is 0. The summed E-state index contributed by atoms with van der Waals surface area (Å²) in [5.41, 5.74) is 9.44. The second kappa shape index (κ2) is 4.87. The number of benzene rings is 1. The van der Waals surface area contributed by atoms with Crippen LogP contribution >= 0.6 is 0 Å². The number of hydrogen-bond donors (Lipinski definition) is 2. The van der Waals surface area contributed by atoms with Crippen LogP contribution in [0.5, 0.6) is 0 Å². The minimum absolute atomic E-state index is 0.254. The molecule has 2 aromatic rings. The molecule has 18 heavy (non-hydrogen) atoms. The van der Waals surface area contributed by atoms with Crippen molar-refractivity contribution in [3.8, 4) is 0 Å². The summed E-state index contributed by atoms with van der Waals surface area (Å²) in [6, 6.07) is 8.98. The highest BCUT2D eigenvalue weighted by Crippen LogP contribution is 2.18. The van der Waals surface area contributed by atoms with Gasteiger partial charge in [-0.2, -0.15) is 0 Å². The Labute approximate surface area is 106 Å². The number of hydrogen-bond acceptors (Lipinski definition) is 3. The molecule has 1 heterocycles. The second-order valence-electron chi connectivity index (χ2n) is 4.18. The molecule has 1 amide bonds. The molecule has 0 unspecified atom stereocenters. The van der Waals surface area contributed by atoms with Gasteiger partial charge in [-0.3, -0.25) is 9.78 Å². The monoisotopic (exact) mass is 241 g/mol. The van der Waals surface area contributed by atoms with Crippen LogP contribution in [0.3, 0.4) is 0 Å². The third-order valence-corrected chi connectivity index (χ3v) is 2.87. The molecule has 3 N–H and O–H groups in total. The molecule has 1 aromatic heterocycles. The van der Waals surface area contributed by atoms with Crippen molar-refractivity contribution in [2.24, 2.45) is 0 Å². The van der Waals surface area contributed by atoms with Gasteiger partial charge >= 0.3 is 0 Å². The second-order valence-corrected chi connectivity index (χ2v) is 4.18. The maximum absolute atomic E-state index is 12.0. The fourth-order valence-electron chi connectivity index (χ4n) is 1.64. The minimum Gasteiger partial charge on any atom is -0.399 e. The third kappa shape index (κ3) is 2.48. The van der Waals surface area contributed by atoms with E-state index in [0.717, 1.165) is 16.8 Å². The van der Waals surface area contributed by atoms with Gasteiger partial charge in [-0.25, -0.2) is 0 Å². The highest BCUT2D eigenvalue weighted by atomic mass is 16.1. The molecule has 2 rings (SSSR count). The van der Waals surface area contributed by atoms with Gasteiger partial charge in [-0.15, -0.1) is 0 Å². The van der Waals surface area contributed by atoms with Gasteiger partial charge in [-0.05, 0) is 43.2 Å². The Hall–Kier alpha value is -2.36. The molecule has 1 aromatic carbocycles. The van der Waals surface area contributed by atoms with E-state index in [1.807, 2.05) is 32.0 Å². The fourth-order valence-corrected chi connectivity index (χ4v) is 1.64. The average Bonchev–Trinajstić information content (AvgIpc) is 2.35. The number of nitrogens with two attached hydrogens (primary N) is 1. The number of carbonyl (C=O) groups excluding carboxylic acids is 1. The number of carbonyl (C=O) groups is 1. The first kappa shape index (κ1) is 12.1. The zero-order valence-electron chi connectivity index (χ0n) is 10.4. The first-order chi connectivity index (χ1) is 8.58. The minimum atomic E-state index is -0.254. The van der Waals surface area contributed by atoms with Gasteiger partial charge in [0.25, 0.3) is 5.91 Å². The van der Waals surface area contributed by atoms with E-state index in [2.05, 4.69) is 10.3 Å². The predicted octanol–water partition coefficient (Wildman–Crippen LogP) is 2.53. The van der Waals surface area contributed by atoms with E-state index in [9.17, 15) is 4.79 Å². The van der Waals surface area contributed by atoms with E-state index < -0.39 is 0 Å². The van der Waals surface area contributed by atoms with Gasteiger partial charge in [0, 0.05) is 17.6 Å². The number of nitrogens with zero attached hydrogens (tertiary/aromatic N) is 1. The van der Waals surface area contributed by atoms with Crippen LogP contribution in [0.25, 0.3) is 0 Å². The number of aromatic nitrogens is 1. The van der Waals surface area contributed by atoms with Crippen molar-refractivity contribution in [2.75, 3.05) is 11.1 Å². The van der Waals surface area contributed by atoms with Gasteiger partial charge in [0.2, 0.25) is 0 Å². The Bertz CT molecular complexity index is 593. The maximum atomic E-state index is 12.0. The summed E-state index contributed by atoms with van der Waals surface area (Å²) in [6.07, 6.45) is 1.52. The largest absolute Gasteiger partial charge is 0.399 e. The maximum Gasteiger partial charge on any atom is 0.274 e. The summed E-state index contributed by atoms with van der Waals surface area (Å²) in [5, 5.41) is 2.84. The Morgan fingerprint density at radius 1 is 1.28 bits per heavy atom. The lowest BCUT2D eigenvalue weighted by Crippen LogP contribution is -2.14. The number of nitrogens with one attached hydrogen (secondary N) is 1. The quantitative estimate of drug-likeness (QED) is 0.849. The predicted molar refractivity (Wildman–Crippen MR) is 72.5 cm³/mol. The molecule has 0 atom stereocenters. The van der Waals surface area contributed by atoms with Crippen molar-refractivity contribution in [3.05, 3.63) is 53.3 Å². The smallest absolute Gasteiger partial charge is 0.274 e. The summed E-state index contributed by atoms with van der Waals surface area (Å²) in [4.78, 5) is 16.0. The SMILES string of the molecule is Cc1cccc(NC(=O)c2cc(N)ccn2)c1C. The van der Waals surface area contributed by atoms with Gasteiger partial charge in [0.05, 0.1) is 0 Å². The highest BCUT2D eigenvalue weighted by molar-refractivity contribution is 6.03. The van der Waals surface area contributed by atoms with Crippen LogP contribution in [-0.4, -0.2) is 10.9 Å². The molecule has 0 bridgehead atoms. The molecule has 4 nitrogen and oxygen atoms in total. The van der Waals surface area contributed by atoms with Crippen molar-refractivity contribution in [1.82, 2.24) is 4.98 Å².